The molecule has 1 aromatic carbocycles. The van der Waals surface area contributed by atoms with E-state index in [4.69, 9.17) is 0 Å². The molecule has 0 amide bonds. The van der Waals surface area contributed by atoms with Gasteiger partial charge in [-0.2, -0.15) is 0 Å². The van der Waals surface area contributed by atoms with Gasteiger partial charge in [-0.05, 0) is 18.1 Å². The Balaban J connectivity index is 2.88. The van der Waals surface area contributed by atoms with Crippen LogP contribution in [0.25, 0.3) is 0 Å². The molecule has 0 bridgehead atoms. The van der Waals surface area contributed by atoms with E-state index >= 15 is 0 Å². The van der Waals surface area contributed by atoms with Crippen LogP contribution in [0.4, 0.5) is 0 Å². The van der Waals surface area contributed by atoms with Gasteiger partial charge in [-0.15, -0.1) is 0 Å². The van der Waals surface area contributed by atoms with Gasteiger partial charge < -0.3 is 0 Å². The molecule has 0 saturated heterocycles. The van der Waals surface area contributed by atoms with Gasteiger partial charge in [0.25, 0.3) is 0 Å². The molecule has 4 heteroatoms. The van der Waals surface area contributed by atoms with Gasteiger partial charge in [-0.1, -0.05) is 24.3 Å². The fourth-order valence-corrected chi connectivity index (χ4v) is 2.20. The summed E-state index contributed by atoms with van der Waals surface area (Å²) in [4.78, 5) is 10.9. The van der Waals surface area contributed by atoms with Crippen molar-refractivity contribution in [3.8, 4) is 0 Å². The third kappa shape index (κ3) is 4.74. The van der Waals surface area contributed by atoms with E-state index in [0.29, 0.717) is 6.42 Å². The highest BCUT2D eigenvalue weighted by molar-refractivity contribution is 7.89. The quantitative estimate of drug-likeness (QED) is 0.779. The lowest BCUT2D eigenvalue weighted by atomic mass is 10.1. The van der Waals surface area contributed by atoms with Gasteiger partial charge in [0.1, 0.15) is 5.78 Å². The molecular formula is C11H14O3S. The lowest BCUT2D eigenvalue weighted by Crippen LogP contribution is -2.02. The molecule has 3 nitrogen and oxygen atoms in total. The second-order valence-electron chi connectivity index (χ2n) is 3.77. The molecule has 0 radical (unpaired) electrons. The molecule has 0 N–H and O–H groups in total. The number of benzene rings is 1. The largest absolute Gasteiger partial charge is 0.300 e. The lowest BCUT2D eigenvalue weighted by molar-refractivity contribution is -0.116. The minimum absolute atomic E-state index is 0.0265. The molecule has 0 unspecified atom stereocenters. The third-order valence-electron chi connectivity index (χ3n) is 1.87. The molecule has 15 heavy (non-hydrogen) atoms. The molecule has 0 aromatic heterocycles. The molecule has 82 valence electrons. The Kier molecular flexibility index (Phi) is 3.63. The van der Waals surface area contributed by atoms with Crippen LogP contribution in [0, 0.1) is 0 Å². The molecule has 1 aromatic rings. The van der Waals surface area contributed by atoms with E-state index in [1.807, 2.05) is 6.07 Å². The summed E-state index contributed by atoms with van der Waals surface area (Å²) >= 11 is 0. The number of hydrogen-bond donors (Lipinski definition) is 0. The maximum Gasteiger partial charge on any atom is 0.151 e. The Morgan fingerprint density at radius 1 is 1.27 bits per heavy atom. The lowest BCUT2D eigenvalue weighted by Gasteiger charge is -2.02. The molecule has 0 spiro atoms. The maximum atomic E-state index is 11.1. The van der Waals surface area contributed by atoms with E-state index in [0.717, 1.165) is 11.1 Å². The van der Waals surface area contributed by atoms with E-state index in [-0.39, 0.29) is 11.5 Å². The smallest absolute Gasteiger partial charge is 0.151 e. The zero-order chi connectivity index (χ0) is 11.5. The van der Waals surface area contributed by atoms with Crippen molar-refractivity contribution >= 4 is 15.6 Å². The summed E-state index contributed by atoms with van der Waals surface area (Å²) in [5.41, 5.74) is 1.60. The van der Waals surface area contributed by atoms with Crippen LogP contribution in [0.15, 0.2) is 24.3 Å². The molecule has 0 aliphatic rings. The van der Waals surface area contributed by atoms with Crippen molar-refractivity contribution in [3.05, 3.63) is 35.4 Å². The van der Waals surface area contributed by atoms with E-state index < -0.39 is 9.84 Å². The molecule has 0 aliphatic carbocycles. The first-order chi connectivity index (χ1) is 6.87. The van der Waals surface area contributed by atoms with Crippen LogP contribution in [0.5, 0.6) is 0 Å². The number of Topliss-reactive ketones (excluding diaryl/α,β-unsaturated/α-hetero) is 1. The van der Waals surface area contributed by atoms with Gasteiger partial charge in [0.2, 0.25) is 0 Å². The summed E-state index contributed by atoms with van der Waals surface area (Å²) in [7, 11) is -3.01. The first kappa shape index (κ1) is 11.9. The third-order valence-corrected chi connectivity index (χ3v) is 2.73. The Bertz CT molecular complexity index is 460. The first-order valence-corrected chi connectivity index (χ1v) is 6.68. The van der Waals surface area contributed by atoms with Crippen molar-refractivity contribution in [2.75, 3.05) is 6.26 Å². The highest BCUT2D eigenvalue weighted by Gasteiger charge is 2.05. The molecular weight excluding hydrogens is 212 g/mol. The zero-order valence-corrected chi connectivity index (χ0v) is 9.67. The van der Waals surface area contributed by atoms with Crippen LogP contribution >= 0.6 is 0 Å². The fourth-order valence-electron chi connectivity index (χ4n) is 1.42. The highest BCUT2D eigenvalue weighted by Crippen LogP contribution is 2.09. The van der Waals surface area contributed by atoms with Crippen molar-refractivity contribution in [2.45, 2.75) is 19.1 Å². The van der Waals surface area contributed by atoms with E-state index in [9.17, 15) is 13.2 Å². The van der Waals surface area contributed by atoms with Crippen LogP contribution in [-0.4, -0.2) is 20.5 Å². The van der Waals surface area contributed by atoms with Crippen LogP contribution in [0.1, 0.15) is 18.1 Å². The van der Waals surface area contributed by atoms with E-state index in [1.165, 1.54) is 13.2 Å². The predicted octanol–water partition coefficient (Wildman–Crippen LogP) is 1.36. The fraction of sp³-hybridized carbons (Fsp3) is 0.364. The standard InChI is InChI=1S/C11H14O3S/c1-9(12)6-10-4-3-5-11(7-10)8-15(2,13)14/h3-5,7H,6,8H2,1-2H3. The Morgan fingerprint density at radius 3 is 2.40 bits per heavy atom. The number of rotatable bonds is 4. The average Bonchev–Trinajstić information content (AvgIpc) is 1.99. The van der Waals surface area contributed by atoms with Gasteiger partial charge in [-0.3, -0.25) is 4.79 Å². The molecule has 0 heterocycles. The summed E-state index contributed by atoms with van der Waals surface area (Å²) in [5.74, 6) is 0.102. The molecule has 0 aliphatic heterocycles. The van der Waals surface area contributed by atoms with Crippen molar-refractivity contribution in [1.82, 2.24) is 0 Å². The van der Waals surface area contributed by atoms with E-state index in [2.05, 4.69) is 0 Å². The molecule has 0 atom stereocenters. The van der Waals surface area contributed by atoms with Crippen LogP contribution in [0.3, 0.4) is 0 Å². The van der Waals surface area contributed by atoms with Gasteiger partial charge in [-0.25, -0.2) is 8.42 Å². The van der Waals surface area contributed by atoms with Gasteiger partial charge in [0.05, 0.1) is 5.75 Å². The van der Waals surface area contributed by atoms with Crippen molar-refractivity contribution in [3.63, 3.8) is 0 Å². The van der Waals surface area contributed by atoms with Crippen LogP contribution < -0.4 is 0 Å². The SMILES string of the molecule is CC(=O)Cc1cccc(CS(C)(=O)=O)c1. The minimum Gasteiger partial charge on any atom is -0.300 e. The van der Waals surface area contributed by atoms with E-state index in [1.54, 1.807) is 18.2 Å². The molecule has 0 saturated carbocycles. The monoisotopic (exact) mass is 226 g/mol. The molecule has 1 rings (SSSR count). The maximum absolute atomic E-state index is 11.1. The Morgan fingerprint density at radius 2 is 1.87 bits per heavy atom. The number of carbonyl (C=O) groups excluding carboxylic acids is 1. The van der Waals surface area contributed by atoms with Crippen LogP contribution in [-0.2, 0) is 26.8 Å². The second kappa shape index (κ2) is 4.57. The predicted molar refractivity (Wildman–Crippen MR) is 59.4 cm³/mol. The summed E-state index contributed by atoms with van der Waals surface area (Å²) in [5, 5.41) is 0. The van der Waals surface area contributed by atoms with Gasteiger partial charge in [0.15, 0.2) is 9.84 Å². The summed E-state index contributed by atoms with van der Waals surface area (Å²) in [6.07, 6.45) is 1.56. The minimum atomic E-state index is -3.01. The van der Waals surface area contributed by atoms with Crippen molar-refractivity contribution < 1.29 is 13.2 Å². The number of hydrogen-bond acceptors (Lipinski definition) is 3. The second-order valence-corrected chi connectivity index (χ2v) is 5.91. The van der Waals surface area contributed by atoms with Gasteiger partial charge >= 0.3 is 0 Å². The molecule has 0 fully saturated rings. The topological polar surface area (TPSA) is 51.2 Å². The summed E-state index contributed by atoms with van der Waals surface area (Å²) < 4.78 is 22.1. The number of sulfone groups is 1. The van der Waals surface area contributed by atoms with Crippen molar-refractivity contribution in [2.24, 2.45) is 0 Å². The number of carbonyl (C=O) groups is 1. The Hall–Kier alpha value is -1.16. The zero-order valence-electron chi connectivity index (χ0n) is 8.86. The van der Waals surface area contributed by atoms with Crippen molar-refractivity contribution in [1.29, 1.82) is 0 Å². The normalized spacial score (nSPS) is 11.3. The summed E-state index contributed by atoms with van der Waals surface area (Å²) in [6.45, 7) is 1.52. The summed E-state index contributed by atoms with van der Waals surface area (Å²) in [6, 6.07) is 7.12. The highest BCUT2D eigenvalue weighted by atomic mass is 32.2. The van der Waals surface area contributed by atoms with Crippen LogP contribution in [0.2, 0.25) is 0 Å². The van der Waals surface area contributed by atoms with Gasteiger partial charge in [0, 0.05) is 12.7 Å². The first-order valence-electron chi connectivity index (χ1n) is 4.62. The Labute approximate surface area is 90.0 Å². The number of ketones is 1. The average molecular weight is 226 g/mol.